The first-order chi connectivity index (χ1) is 14.5. The van der Waals surface area contributed by atoms with Gasteiger partial charge in [0.15, 0.2) is 11.5 Å². The Morgan fingerprint density at radius 1 is 1.03 bits per heavy atom. The molecule has 1 heterocycles. The van der Waals surface area contributed by atoms with E-state index in [1.807, 2.05) is 38.1 Å². The molecule has 0 bridgehead atoms. The molecule has 158 valence electrons. The van der Waals surface area contributed by atoms with E-state index in [4.69, 9.17) is 14.2 Å². The van der Waals surface area contributed by atoms with Crippen LogP contribution in [-0.4, -0.2) is 44.0 Å². The van der Waals surface area contributed by atoms with Crippen LogP contribution in [0.2, 0.25) is 0 Å². The first-order valence-electron chi connectivity index (χ1n) is 9.55. The lowest BCUT2D eigenvalue weighted by atomic mass is 10.1. The van der Waals surface area contributed by atoms with E-state index in [9.17, 15) is 4.79 Å². The second-order valence-electron chi connectivity index (χ2n) is 6.58. The van der Waals surface area contributed by atoms with Crippen molar-refractivity contribution in [1.82, 2.24) is 10.2 Å². The monoisotopic (exact) mass is 427 g/mol. The molecule has 0 unspecified atom stereocenters. The number of hydrogen-bond donors (Lipinski definition) is 0. The zero-order chi connectivity index (χ0) is 21.7. The van der Waals surface area contributed by atoms with Crippen LogP contribution in [0.1, 0.15) is 29.3 Å². The quantitative estimate of drug-likeness (QED) is 0.523. The summed E-state index contributed by atoms with van der Waals surface area (Å²) in [5.74, 6) is 1.09. The van der Waals surface area contributed by atoms with Crippen LogP contribution in [0.25, 0.3) is 10.6 Å². The van der Waals surface area contributed by atoms with E-state index < -0.39 is 0 Å². The second kappa shape index (κ2) is 9.58. The Balaban J connectivity index is 2.00. The average molecular weight is 428 g/mol. The highest BCUT2D eigenvalue weighted by Crippen LogP contribution is 2.39. The predicted octanol–water partition coefficient (Wildman–Crippen LogP) is 4.60. The van der Waals surface area contributed by atoms with E-state index in [-0.39, 0.29) is 5.91 Å². The standard InChI is InChI=1S/C22H25N3O4S/c1-6-11-25(22-24-23-20(30-22)16-10-8-7-9-14(16)2)21(26)15-12-17(27-3)19(29-5)18(13-15)28-4/h7-10,12-13H,6,11H2,1-5H3. The van der Waals surface area contributed by atoms with Gasteiger partial charge in [0.1, 0.15) is 5.01 Å². The van der Waals surface area contributed by atoms with Gasteiger partial charge in [0, 0.05) is 17.7 Å². The summed E-state index contributed by atoms with van der Waals surface area (Å²) < 4.78 is 16.1. The van der Waals surface area contributed by atoms with Crippen LogP contribution in [0.15, 0.2) is 36.4 Å². The first kappa shape index (κ1) is 21.6. The fourth-order valence-corrected chi connectivity index (χ4v) is 4.07. The molecule has 1 amide bonds. The Bertz CT molecular complexity index is 1010. The average Bonchev–Trinajstić information content (AvgIpc) is 3.25. The van der Waals surface area contributed by atoms with Gasteiger partial charge >= 0.3 is 0 Å². The third-order valence-corrected chi connectivity index (χ3v) is 5.60. The van der Waals surface area contributed by atoms with Gasteiger partial charge in [-0.15, -0.1) is 10.2 Å². The van der Waals surface area contributed by atoms with E-state index >= 15 is 0 Å². The van der Waals surface area contributed by atoms with Gasteiger partial charge in [0.25, 0.3) is 5.91 Å². The van der Waals surface area contributed by atoms with Gasteiger partial charge < -0.3 is 14.2 Å². The third-order valence-electron chi connectivity index (χ3n) is 4.62. The van der Waals surface area contributed by atoms with Crippen molar-refractivity contribution < 1.29 is 19.0 Å². The molecule has 0 radical (unpaired) electrons. The molecular formula is C22H25N3O4S. The molecule has 0 aliphatic heterocycles. The summed E-state index contributed by atoms with van der Waals surface area (Å²) in [6, 6.07) is 11.3. The molecule has 7 nitrogen and oxygen atoms in total. The fourth-order valence-electron chi connectivity index (χ4n) is 3.11. The summed E-state index contributed by atoms with van der Waals surface area (Å²) in [6.45, 7) is 4.55. The predicted molar refractivity (Wildman–Crippen MR) is 118 cm³/mol. The largest absolute Gasteiger partial charge is 0.493 e. The number of amides is 1. The Hall–Kier alpha value is -3.13. The third kappa shape index (κ3) is 4.23. The zero-order valence-electron chi connectivity index (χ0n) is 17.8. The lowest BCUT2D eigenvalue weighted by Gasteiger charge is -2.20. The van der Waals surface area contributed by atoms with Gasteiger partial charge in [-0.1, -0.05) is 42.5 Å². The highest BCUT2D eigenvalue weighted by atomic mass is 32.1. The maximum Gasteiger partial charge on any atom is 0.260 e. The number of aryl methyl sites for hydroxylation is 1. The molecule has 0 saturated carbocycles. The molecule has 30 heavy (non-hydrogen) atoms. The number of rotatable bonds is 8. The number of methoxy groups -OCH3 is 3. The number of hydrogen-bond acceptors (Lipinski definition) is 7. The molecule has 0 atom stereocenters. The minimum atomic E-state index is -0.205. The number of benzene rings is 2. The summed E-state index contributed by atoms with van der Waals surface area (Å²) >= 11 is 1.39. The smallest absolute Gasteiger partial charge is 0.260 e. The van der Waals surface area contributed by atoms with E-state index in [0.29, 0.717) is 34.5 Å². The van der Waals surface area contributed by atoms with E-state index in [1.165, 1.54) is 32.7 Å². The van der Waals surface area contributed by atoms with Crippen molar-refractivity contribution in [3.63, 3.8) is 0 Å². The highest BCUT2D eigenvalue weighted by molar-refractivity contribution is 7.18. The van der Waals surface area contributed by atoms with Crippen LogP contribution in [-0.2, 0) is 0 Å². The van der Waals surface area contributed by atoms with Crippen LogP contribution >= 0.6 is 11.3 Å². The van der Waals surface area contributed by atoms with Crippen LogP contribution in [0.4, 0.5) is 5.13 Å². The van der Waals surface area contributed by atoms with E-state index in [0.717, 1.165) is 22.6 Å². The van der Waals surface area contributed by atoms with Crippen molar-refractivity contribution in [2.45, 2.75) is 20.3 Å². The molecule has 0 spiro atoms. The minimum Gasteiger partial charge on any atom is -0.493 e. The Morgan fingerprint density at radius 2 is 1.70 bits per heavy atom. The van der Waals surface area contributed by atoms with Crippen molar-refractivity contribution >= 4 is 22.4 Å². The van der Waals surface area contributed by atoms with Gasteiger partial charge in [-0.3, -0.25) is 9.69 Å². The Morgan fingerprint density at radius 3 is 2.27 bits per heavy atom. The molecule has 3 rings (SSSR count). The Kier molecular flexibility index (Phi) is 6.89. The molecular weight excluding hydrogens is 402 g/mol. The Labute approximate surface area is 180 Å². The lowest BCUT2D eigenvalue weighted by Crippen LogP contribution is -2.31. The molecule has 0 N–H and O–H groups in total. The van der Waals surface area contributed by atoms with Crippen molar-refractivity contribution in [3.05, 3.63) is 47.5 Å². The fraction of sp³-hybridized carbons (Fsp3) is 0.318. The first-order valence-corrected chi connectivity index (χ1v) is 10.4. The molecule has 1 aromatic heterocycles. The van der Waals surface area contributed by atoms with Crippen molar-refractivity contribution in [2.75, 3.05) is 32.8 Å². The van der Waals surface area contributed by atoms with E-state index in [1.54, 1.807) is 17.0 Å². The number of anilines is 1. The normalized spacial score (nSPS) is 10.6. The number of carbonyl (C=O) groups is 1. The van der Waals surface area contributed by atoms with Gasteiger partial charge in [-0.2, -0.15) is 0 Å². The summed E-state index contributed by atoms with van der Waals surface area (Å²) in [6.07, 6.45) is 0.773. The van der Waals surface area contributed by atoms with Gasteiger partial charge in [-0.05, 0) is 31.0 Å². The van der Waals surface area contributed by atoms with Crippen LogP contribution < -0.4 is 19.1 Å². The SMILES string of the molecule is CCCN(C(=O)c1cc(OC)c(OC)c(OC)c1)c1nnc(-c2ccccc2C)s1. The molecule has 2 aromatic carbocycles. The zero-order valence-corrected chi connectivity index (χ0v) is 18.6. The molecule has 0 aliphatic rings. The van der Waals surface area contributed by atoms with Crippen LogP contribution in [0.3, 0.4) is 0 Å². The second-order valence-corrected chi connectivity index (χ2v) is 7.53. The van der Waals surface area contributed by atoms with E-state index in [2.05, 4.69) is 10.2 Å². The molecule has 0 fully saturated rings. The van der Waals surface area contributed by atoms with Gasteiger partial charge in [-0.25, -0.2) is 0 Å². The van der Waals surface area contributed by atoms with Crippen LogP contribution in [0, 0.1) is 6.92 Å². The minimum absolute atomic E-state index is 0.205. The highest BCUT2D eigenvalue weighted by Gasteiger charge is 2.24. The summed E-state index contributed by atoms with van der Waals surface area (Å²) in [7, 11) is 4.57. The number of carbonyl (C=O) groups excluding carboxylic acids is 1. The van der Waals surface area contributed by atoms with Gasteiger partial charge in [0.2, 0.25) is 10.9 Å². The van der Waals surface area contributed by atoms with Crippen molar-refractivity contribution in [2.24, 2.45) is 0 Å². The van der Waals surface area contributed by atoms with Crippen molar-refractivity contribution in [3.8, 4) is 27.8 Å². The molecule has 0 saturated heterocycles. The van der Waals surface area contributed by atoms with Gasteiger partial charge in [0.05, 0.1) is 21.3 Å². The number of aromatic nitrogens is 2. The summed E-state index contributed by atoms with van der Waals surface area (Å²) in [5.41, 5.74) is 2.54. The summed E-state index contributed by atoms with van der Waals surface area (Å²) in [4.78, 5) is 15.0. The molecule has 8 heteroatoms. The molecule has 3 aromatic rings. The van der Waals surface area contributed by atoms with Crippen LogP contribution in [0.5, 0.6) is 17.2 Å². The maximum atomic E-state index is 13.4. The number of ether oxygens (including phenoxy) is 3. The topological polar surface area (TPSA) is 73.8 Å². The lowest BCUT2D eigenvalue weighted by molar-refractivity contribution is 0.0986. The number of nitrogens with zero attached hydrogens (tertiary/aromatic N) is 3. The summed E-state index contributed by atoms with van der Waals surface area (Å²) in [5, 5.41) is 9.96. The van der Waals surface area contributed by atoms with Crippen molar-refractivity contribution in [1.29, 1.82) is 0 Å². The molecule has 0 aliphatic carbocycles. The maximum absolute atomic E-state index is 13.4.